The maximum atomic E-state index is 5.89. The lowest BCUT2D eigenvalue weighted by Crippen LogP contribution is -2.14. The highest BCUT2D eigenvalue weighted by Crippen LogP contribution is 2.31. The molecule has 4 nitrogen and oxygen atoms in total. The third kappa shape index (κ3) is 2.80. The van der Waals surface area contributed by atoms with E-state index in [2.05, 4.69) is 20.1 Å². The third-order valence-corrected chi connectivity index (χ3v) is 4.17. The fourth-order valence-electron chi connectivity index (χ4n) is 2.92. The molecular weight excluding hydrogens is 272 g/mol. The van der Waals surface area contributed by atoms with Crippen LogP contribution in [0.5, 0.6) is 0 Å². The highest BCUT2D eigenvalue weighted by molar-refractivity contribution is 6.30. The second-order valence-electron chi connectivity index (χ2n) is 5.33. The molecule has 0 atom stereocenters. The summed E-state index contributed by atoms with van der Waals surface area (Å²) in [5.74, 6) is 2.04. The number of hydrogen-bond donors (Lipinski definition) is 1. The molecule has 1 aliphatic rings. The van der Waals surface area contributed by atoms with Crippen molar-refractivity contribution in [3.05, 3.63) is 40.9 Å². The van der Waals surface area contributed by atoms with Gasteiger partial charge in [0.1, 0.15) is 5.82 Å². The molecule has 1 saturated carbocycles. The molecule has 2 aromatic rings. The molecule has 1 aliphatic carbocycles. The molecule has 0 amide bonds. The minimum atomic E-state index is 0.576. The Morgan fingerprint density at radius 1 is 1.20 bits per heavy atom. The van der Waals surface area contributed by atoms with E-state index in [9.17, 15) is 0 Å². The van der Waals surface area contributed by atoms with Crippen LogP contribution < -0.4 is 5.32 Å². The summed E-state index contributed by atoms with van der Waals surface area (Å²) in [6.45, 7) is 2.73. The molecule has 1 aromatic carbocycles. The first-order valence-electron chi connectivity index (χ1n) is 7.14. The molecule has 20 heavy (non-hydrogen) atoms. The first-order chi connectivity index (χ1) is 9.74. The molecule has 106 valence electrons. The zero-order chi connectivity index (χ0) is 13.9. The molecule has 0 spiro atoms. The number of nitrogens with one attached hydrogen (secondary N) is 1. The Balaban J connectivity index is 1.72. The molecule has 0 bridgehead atoms. The highest BCUT2D eigenvalue weighted by Gasteiger charge is 2.21. The maximum Gasteiger partial charge on any atom is 0.152 e. The van der Waals surface area contributed by atoms with Crippen molar-refractivity contribution in [2.24, 2.45) is 0 Å². The summed E-state index contributed by atoms with van der Waals surface area (Å²) in [4.78, 5) is 0. The molecule has 3 rings (SSSR count). The number of hydrogen-bond acceptors (Lipinski definition) is 3. The Morgan fingerprint density at radius 3 is 2.60 bits per heavy atom. The molecule has 1 N–H and O–H groups in total. The fraction of sp³-hybridized carbons (Fsp3) is 0.467. The number of halogens is 1. The quantitative estimate of drug-likeness (QED) is 0.926. The number of nitrogens with zero attached hydrogens (tertiary/aromatic N) is 3. The number of aromatic nitrogens is 3. The highest BCUT2D eigenvalue weighted by atomic mass is 35.5. The SMILES string of the molecule is Cc1nnc(CNc2ccc(Cl)cc2)n1C1CCCC1. The predicted octanol–water partition coefficient (Wildman–Crippen LogP) is 3.97. The van der Waals surface area contributed by atoms with E-state index in [-0.39, 0.29) is 0 Å². The van der Waals surface area contributed by atoms with Crippen molar-refractivity contribution in [2.75, 3.05) is 5.32 Å². The van der Waals surface area contributed by atoms with Gasteiger partial charge in [0.2, 0.25) is 0 Å². The Kier molecular flexibility index (Phi) is 3.92. The third-order valence-electron chi connectivity index (χ3n) is 3.92. The van der Waals surface area contributed by atoms with E-state index in [1.807, 2.05) is 31.2 Å². The van der Waals surface area contributed by atoms with Gasteiger partial charge in [-0.2, -0.15) is 0 Å². The van der Waals surface area contributed by atoms with Crippen molar-refractivity contribution in [2.45, 2.75) is 45.2 Å². The van der Waals surface area contributed by atoms with Gasteiger partial charge in [0.25, 0.3) is 0 Å². The van der Waals surface area contributed by atoms with Gasteiger partial charge in [0, 0.05) is 16.8 Å². The van der Waals surface area contributed by atoms with Crippen molar-refractivity contribution >= 4 is 17.3 Å². The van der Waals surface area contributed by atoms with E-state index < -0.39 is 0 Å². The van der Waals surface area contributed by atoms with E-state index in [4.69, 9.17) is 11.6 Å². The van der Waals surface area contributed by atoms with E-state index >= 15 is 0 Å². The van der Waals surface area contributed by atoms with E-state index in [1.165, 1.54) is 25.7 Å². The van der Waals surface area contributed by atoms with Crippen LogP contribution in [-0.4, -0.2) is 14.8 Å². The number of rotatable bonds is 4. The molecular formula is C15H19ClN4. The van der Waals surface area contributed by atoms with Crippen LogP contribution in [0.3, 0.4) is 0 Å². The smallest absolute Gasteiger partial charge is 0.152 e. The minimum Gasteiger partial charge on any atom is -0.378 e. The topological polar surface area (TPSA) is 42.7 Å². The molecule has 0 radical (unpaired) electrons. The van der Waals surface area contributed by atoms with Crippen LogP contribution in [0.15, 0.2) is 24.3 Å². The van der Waals surface area contributed by atoms with Crippen molar-refractivity contribution in [3.8, 4) is 0 Å². The van der Waals surface area contributed by atoms with Crippen molar-refractivity contribution in [3.63, 3.8) is 0 Å². The summed E-state index contributed by atoms with van der Waals surface area (Å²) >= 11 is 5.89. The monoisotopic (exact) mass is 290 g/mol. The fourth-order valence-corrected chi connectivity index (χ4v) is 3.05. The number of benzene rings is 1. The zero-order valence-electron chi connectivity index (χ0n) is 11.6. The lowest BCUT2D eigenvalue weighted by molar-refractivity contribution is 0.489. The van der Waals surface area contributed by atoms with E-state index in [1.54, 1.807) is 0 Å². The lowest BCUT2D eigenvalue weighted by atomic mass is 10.2. The normalized spacial score (nSPS) is 15.7. The van der Waals surface area contributed by atoms with Gasteiger partial charge >= 0.3 is 0 Å². The van der Waals surface area contributed by atoms with Crippen LogP contribution >= 0.6 is 11.6 Å². The summed E-state index contributed by atoms with van der Waals surface area (Å²) < 4.78 is 2.30. The molecule has 1 heterocycles. The van der Waals surface area contributed by atoms with E-state index in [0.717, 1.165) is 22.4 Å². The predicted molar refractivity (Wildman–Crippen MR) is 81.0 cm³/mol. The van der Waals surface area contributed by atoms with Gasteiger partial charge in [-0.25, -0.2) is 0 Å². The summed E-state index contributed by atoms with van der Waals surface area (Å²) in [7, 11) is 0. The first kappa shape index (κ1) is 13.4. The lowest BCUT2D eigenvalue weighted by Gasteiger charge is -2.16. The maximum absolute atomic E-state index is 5.89. The van der Waals surface area contributed by atoms with Crippen LogP contribution in [-0.2, 0) is 6.54 Å². The van der Waals surface area contributed by atoms with Gasteiger partial charge in [0.05, 0.1) is 6.54 Å². The van der Waals surface area contributed by atoms with Crippen LogP contribution in [0.4, 0.5) is 5.69 Å². The molecule has 0 saturated heterocycles. The van der Waals surface area contributed by atoms with Gasteiger partial charge < -0.3 is 9.88 Å². The summed E-state index contributed by atoms with van der Waals surface area (Å²) in [6.07, 6.45) is 5.11. The Bertz CT molecular complexity index is 570. The molecule has 0 aliphatic heterocycles. The van der Waals surface area contributed by atoms with Gasteiger partial charge in [-0.15, -0.1) is 10.2 Å². The minimum absolute atomic E-state index is 0.576. The van der Waals surface area contributed by atoms with Crippen LogP contribution in [0.1, 0.15) is 43.4 Å². The van der Waals surface area contributed by atoms with Gasteiger partial charge in [0.15, 0.2) is 5.82 Å². The van der Waals surface area contributed by atoms with Gasteiger partial charge in [-0.05, 0) is 44.0 Å². The average Bonchev–Trinajstić information content (AvgIpc) is 3.07. The molecule has 1 aromatic heterocycles. The van der Waals surface area contributed by atoms with Crippen LogP contribution in [0, 0.1) is 6.92 Å². The number of anilines is 1. The summed E-state index contributed by atoms with van der Waals surface area (Å²) in [5.41, 5.74) is 1.05. The summed E-state index contributed by atoms with van der Waals surface area (Å²) in [6, 6.07) is 8.30. The second-order valence-corrected chi connectivity index (χ2v) is 5.77. The van der Waals surface area contributed by atoms with Gasteiger partial charge in [-0.3, -0.25) is 0 Å². The standard InChI is InChI=1S/C15H19ClN4/c1-11-18-19-15(20(11)14-4-2-3-5-14)10-17-13-8-6-12(16)7-9-13/h6-9,14,17H,2-5,10H2,1H3. The second kappa shape index (κ2) is 5.83. The first-order valence-corrected chi connectivity index (χ1v) is 7.51. The Morgan fingerprint density at radius 2 is 1.90 bits per heavy atom. The van der Waals surface area contributed by atoms with Crippen molar-refractivity contribution in [1.82, 2.24) is 14.8 Å². The molecule has 0 unspecified atom stereocenters. The van der Waals surface area contributed by atoms with Crippen molar-refractivity contribution in [1.29, 1.82) is 0 Å². The Hall–Kier alpha value is -1.55. The van der Waals surface area contributed by atoms with Crippen LogP contribution in [0.2, 0.25) is 5.02 Å². The molecule has 1 fully saturated rings. The van der Waals surface area contributed by atoms with E-state index in [0.29, 0.717) is 12.6 Å². The summed E-state index contributed by atoms with van der Waals surface area (Å²) in [5, 5.41) is 12.7. The van der Waals surface area contributed by atoms with Crippen molar-refractivity contribution < 1.29 is 0 Å². The number of aryl methyl sites for hydroxylation is 1. The molecule has 5 heteroatoms. The largest absolute Gasteiger partial charge is 0.378 e. The zero-order valence-corrected chi connectivity index (χ0v) is 12.4. The van der Waals surface area contributed by atoms with Crippen LogP contribution in [0.25, 0.3) is 0 Å². The van der Waals surface area contributed by atoms with Gasteiger partial charge in [-0.1, -0.05) is 24.4 Å². The average molecular weight is 291 g/mol. The Labute approximate surface area is 124 Å².